The molecule has 0 aliphatic rings. The number of thioether (sulfide) groups is 1. The lowest BCUT2D eigenvalue weighted by Crippen LogP contribution is -2.17. The highest BCUT2D eigenvalue weighted by Crippen LogP contribution is 2.27. The zero-order valence-electron chi connectivity index (χ0n) is 13.3. The molecular formula is C18H14ClFN2O2S. The van der Waals surface area contributed by atoms with Gasteiger partial charge in [0.2, 0.25) is 5.91 Å². The Hall–Kier alpha value is -2.31. The molecule has 0 bridgehead atoms. The van der Waals surface area contributed by atoms with Gasteiger partial charge in [-0.15, -0.1) is 11.8 Å². The molecule has 0 atom stereocenters. The number of rotatable bonds is 4. The van der Waals surface area contributed by atoms with Gasteiger partial charge in [-0.1, -0.05) is 29.8 Å². The van der Waals surface area contributed by atoms with Crippen molar-refractivity contribution in [1.29, 1.82) is 0 Å². The second kappa shape index (κ2) is 7.29. The number of carbonyl (C=O) groups is 1. The van der Waals surface area contributed by atoms with Crippen LogP contribution in [0.2, 0.25) is 5.02 Å². The van der Waals surface area contributed by atoms with Crippen LogP contribution in [0.4, 0.5) is 10.1 Å². The highest BCUT2D eigenvalue weighted by molar-refractivity contribution is 8.00. The van der Waals surface area contributed by atoms with E-state index in [2.05, 4.69) is 5.32 Å². The minimum Gasteiger partial charge on any atom is -0.324 e. The molecule has 1 N–H and O–H groups in total. The maximum atomic E-state index is 13.0. The van der Waals surface area contributed by atoms with Crippen LogP contribution in [0.1, 0.15) is 0 Å². The number of amides is 1. The van der Waals surface area contributed by atoms with Crippen LogP contribution in [0.25, 0.3) is 10.9 Å². The lowest BCUT2D eigenvalue weighted by atomic mass is 10.2. The van der Waals surface area contributed by atoms with Crippen LogP contribution in [0.15, 0.2) is 58.2 Å². The number of nitrogens with zero attached hydrogens (tertiary/aromatic N) is 1. The first-order valence-electron chi connectivity index (χ1n) is 7.42. The first-order valence-corrected chi connectivity index (χ1v) is 8.78. The number of benzene rings is 2. The molecule has 0 fully saturated rings. The Labute approximate surface area is 152 Å². The number of fused-ring (bicyclic) bond motifs is 1. The number of hydrogen-bond acceptors (Lipinski definition) is 3. The van der Waals surface area contributed by atoms with E-state index in [-0.39, 0.29) is 22.2 Å². The quantitative estimate of drug-likeness (QED) is 0.698. The summed E-state index contributed by atoms with van der Waals surface area (Å²) in [5.41, 5.74) is 1.02. The van der Waals surface area contributed by atoms with Gasteiger partial charge in [-0.2, -0.15) is 0 Å². The summed E-state index contributed by atoms with van der Waals surface area (Å²) in [5.74, 6) is -0.655. The van der Waals surface area contributed by atoms with Crippen LogP contribution in [-0.2, 0) is 11.8 Å². The second-order valence-electron chi connectivity index (χ2n) is 5.38. The molecule has 128 valence electrons. The fourth-order valence-corrected chi connectivity index (χ4v) is 3.51. The van der Waals surface area contributed by atoms with Crippen molar-refractivity contribution in [3.05, 3.63) is 69.7 Å². The Morgan fingerprint density at radius 2 is 2.00 bits per heavy atom. The number of pyridine rings is 1. The number of aryl methyl sites for hydroxylation is 1. The van der Waals surface area contributed by atoms with Gasteiger partial charge in [-0.25, -0.2) is 4.39 Å². The van der Waals surface area contributed by atoms with Crippen LogP contribution in [0.5, 0.6) is 0 Å². The summed E-state index contributed by atoms with van der Waals surface area (Å²) in [6.07, 6.45) is 0. The van der Waals surface area contributed by atoms with Gasteiger partial charge < -0.3 is 9.88 Å². The summed E-state index contributed by atoms with van der Waals surface area (Å²) in [6, 6.07) is 12.8. The first kappa shape index (κ1) is 17.5. The molecule has 3 rings (SSSR count). The Bertz CT molecular complexity index is 1020. The molecule has 0 saturated heterocycles. The molecule has 1 aromatic heterocycles. The van der Waals surface area contributed by atoms with Crippen LogP contribution >= 0.6 is 23.4 Å². The summed E-state index contributed by atoms with van der Waals surface area (Å²) in [4.78, 5) is 24.9. The summed E-state index contributed by atoms with van der Waals surface area (Å²) >= 11 is 7.17. The van der Waals surface area contributed by atoms with Crippen molar-refractivity contribution in [1.82, 2.24) is 4.57 Å². The van der Waals surface area contributed by atoms with E-state index in [0.29, 0.717) is 5.69 Å². The maximum Gasteiger partial charge on any atom is 0.251 e. The van der Waals surface area contributed by atoms with Gasteiger partial charge in [0.25, 0.3) is 5.56 Å². The van der Waals surface area contributed by atoms with Gasteiger partial charge in [0.1, 0.15) is 5.82 Å². The smallest absolute Gasteiger partial charge is 0.251 e. The predicted octanol–water partition coefficient (Wildman–Crippen LogP) is 4.06. The molecule has 0 saturated carbocycles. The van der Waals surface area contributed by atoms with Crippen LogP contribution in [0, 0.1) is 5.82 Å². The van der Waals surface area contributed by atoms with Crippen molar-refractivity contribution < 1.29 is 9.18 Å². The van der Waals surface area contributed by atoms with Gasteiger partial charge in [0, 0.05) is 23.4 Å². The van der Waals surface area contributed by atoms with Gasteiger partial charge in [-0.05, 0) is 24.3 Å². The van der Waals surface area contributed by atoms with Crippen molar-refractivity contribution in [3.8, 4) is 0 Å². The molecule has 25 heavy (non-hydrogen) atoms. The Morgan fingerprint density at radius 1 is 1.24 bits per heavy atom. The van der Waals surface area contributed by atoms with E-state index < -0.39 is 5.82 Å². The molecule has 2 aromatic carbocycles. The summed E-state index contributed by atoms with van der Waals surface area (Å²) in [7, 11) is 1.71. The predicted molar refractivity (Wildman–Crippen MR) is 100.0 cm³/mol. The Morgan fingerprint density at radius 3 is 2.76 bits per heavy atom. The van der Waals surface area contributed by atoms with Crippen molar-refractivity contribution in [2.75, 3.05) is 11.1 Å². The van der Waals surface area contributed by atoms with Crippen LogP contribution in [0.3, 0.4) is 0 Å². The minimum absolute atomic E-state index is 0.102. The molecule has 0 aliphatic heterocycles. The standard InChI is InChI=1S/C18H14ClFN2O2S/c1-22-15-5-3-2-4-12(15)16(9-18(22)24)25-10-17(23)21-14-7-6-11(20)8-13(14)19/h2-9H,10H2,1H3,(H,21,23). The van der Waals surface area contributed by atoms with Gasteiger partial charge in [0.05, 0.1) is 22.0 Å². The number of carbonyl (C=O) groups excluding carboxylic acids is 1. The Kier molecular flexibility index (Phi) is 5.11. The molecule has 7 heteroatoms. The number of anilines is 1. The lowest BCUT2D eigenvalue weighted by Gasteiger charge is -2.10. The van der Waals surface area contributed by atoms with Crippen molar-refractivity contribution in [3.63, 3.8) is 0 Å². The second-order valence-corrected chi connectivity index (χ2v) is 6.81. The summed E-state index contributed by atoms with van der Waals surface area (Å²) in [6.45, 7) is 0. The van der Waals surface area contributed by atoms with E-state index in [1.54, 1.807) is 11.6 Å². The molecule has 0 radical (unpaired) electrons. The third-order valence-corrected chi connectivity index (χ3v) is 5.05. The van der Waals surface area contributed by atoms with Gasteiger partial charge in [0.15, 0.2) is 0 Å². The van der Waals surface area contributed by atoms with Gasteiger partial charge >= 0.3 is 0 Å². The zero-order valence-corrected chi connectivity index (χ0v) is 14.8. The highest BCUT2D eigenvalue weighted by Gasteiger charge is 2.11. The largest absolute Gasteiger partial charge is 0.324 e. The van der Waals surface area contributed by atoms with E-state index in [9.17, 15) is 14.0 Å². The van der Waals surface area contributed by atoms with Crippen LogP contribution in [-0.4, -0.2) is 16.2 Å². The summed E-state index contributed by atoms with van der Waals surface area (Å²) in [5, 5.41) is 3.68. The molecule has 4 nitrogen and oxygen atoms in total. The zero-order chi connectivity index (χ0) is 18.0. The monoisotopic (exact) mass is 376 g/mol. The number of para-hydroxylation sites is 1. The van der Waals surface area contributed by atoms with Crippen LogP contribution < -0.4 is 10.9 Å². The number of halogens is 2. The third-order valence-electron chi connectivity index (χ3n) is 3.68. The summed E-state index contributed by atoms with van der Waals surface area (Å²) < 4.78 is 14.6. The average molecular weight is 377 g/mol. The topological polar surface area (TPSA) is 51.1 Å². The van der Waals surface area contributed by atoms with E-state index in [4.69, 9.17) is 11.6 Å². The minimum atomic E-state index is -0.469. The fraction of sp³-hybridized carbons (Fsp3) is 0.111. The molecule has 0 aliphatic carbocycles. The van der Waals surface area contributed by atoms with E-state index in [1.807, 2.05) is 24.3 Å². The first-order chi connectivity index (χ1) is 12.0. The molecular weight excluding hydrogens is 363 g/mol. The van der Waals surface area contributed by atoms with E-state index >= 15 is 0 Å². The Balaban J connectivity index is 1.77. The molecule has 1 amide bonds. The number of nitrogens with one attached hydrogen (secondary N) is 1. The lowest BCUT2D eigenvalue weighted by molar-refractivity contribution is -0.113. The normalized spacial score (nSPS) is 10.8. The number of hydrogen-bond donors (Lipinski definition) is 1. The molecule has 3 aromatic rings. The molecule has 0 unspecified atom stereocenters. The highest BCUT2D eigenvalue weighted by atomic mass is 35.5. The van der Waals surface area contributed by atoms with Crippen molar-refractivity contribution in [2.45, 2.75) is 4.90 Å². The fourth-order valence-electron chi connectivity index (χ4n) is 2.42. The van der Waals surface area contributed by atoms with Gasteiger partial charge in [-0.3, -0.25) is 9.59 Å². The third kappa shape index (κ3) is 3.86. The maximum absolute atomic E-state index is 13.0. The van der Waals surface area contributed by atoms with E-state index in [0.717, 1.165) is 21.9 Å². The average Bonchev–Trinajstić information content (AvgIpc) is 2.59. The van der Waals surface area contributed by atoms with E-state index in [1.165, 1.54) is 30.0 Å². The molecule has 1 heterocycles. The SMILES string of the molecule is Cn1c(=O)cc(SCC(=O)Nc2ccc(F)cc2Cl)c2ccccc21. The number of aromatic nitrogens is 1. The van der Waals surface area contributed by atoms with Crippen molar-refractivity contribution >= 4 is 45.9 Å². The van der Waals surface area contributed by atoms with Crippen molar-refractivity contribution in [2.24, 2.45) is 7.05 Å². The molecule has 0 spiro atoms.